The van der Waals surface area contributed by atoms with E-state index < -0.39 is 0 Å². The Balaban J connectivity index is 1.67. The largest absolute Gasteiger partial charge is 0.476 e. The minimum absolute atomic E-state index is 0.0282. The number of benzene rings is 3. The molecule has 3 aromatic carbocycles. The highest BCUT2D eigenvalue weighted by molar-refractivity contribution is 5.92. The molecule has 1 heterocycles. The van der Waals surface area contributed by atoms with Gasteiger partial charge >= 0.3 is 0 Å². The summed E-state index contributed by atoms with van der Waals surface area (Å²) in [6.07, 6.45) is 0. The molecule has 0 bridgehead atoms. The maximum atomic E-state index is 13.2. The van der Waals surface area contributed by atoms with Gasteiger partial charge in [0.2, 0.25) is 11.2 Å². The van der Waals surface area contributed by atoms with E-state index in [0.717, 1.165) is 22.3 Å². The van der Waals surface area contributed by atoms with E-state index in [1.165, 1.54) is 0 Å². The molecule has 0 aliphatic heterocycles. The Hall–Kier alpha value is -3.86. The van der Waals surface area contributed by atoms with Crippen LogP contribution in [0.5, 0.6) is 5.75 Å². The molecule has 0 atom stereocenters. The van der Waals surface area contributed by atoms with Gasteiger partial charge in [-0.3, -0.25) is 9.59 Å². The Morgan fingerprint density at radius 2 is 1.59 bits per heavy atom. The summed E-state index contributed by atoms with van der Waals surface area (Å²) in [5.41, 5.74) is 5.86. The topological polar surface area (TPSA) is 68.5 Å². The van der Waals surface area contributed by atoms with Gasteiger partial charge < -0.3 is 14.5 Å². The van der Waals surface area contributed by atoms with Crippen molar-refractivity contribution in [3.8, 4) is 17.1 Å². The number of hydrogen-bond acceptors (Lipinski definition) is 4. The van der Waals surface area contributed by atoms with Crippen LogP contribution in [0.1, 0.15) is 22.3 Å². The summed E-state index contributed by atoms with van der Waals surface area (Å²) in [5, 5.41) is 3.23. The maximum Gasteiger partial charge on any atom is 0.262 e. The molecular formula is C27H25NO4. The molecule has 162 valence electrons. The number of fused-ring (bicyclic) bond motifs is 1. The van der Waals surface area contributed by atoms with Crippen molar-refractivity contribution in [1.82, 2.24) is 0 Å². The molecule has 4 aromatic rings. The minimum atomic E-state index is -0.355. The second-order valence-corrected chi connectivity index (χ2v) is 8.09. The number of rotatable bonds is 5. The fraction of sp³-hybridized carbons (Fsp3) is 0.185. The number of nitrogens with one attached hydrogen (secondary N) is 1. The van der Waals surface area contributed by atoms with Gasteiger partial charge in [-0.15, -0.1) is 0 Å². The first-order chi connectivity index (χ1) is 15.3. The van der Waals surface area contributed by atoms with Gasteiger partial charge in [0.05, 0.1) is 5.39 Å². The molecule has 0 saturated carbocycles. The van der Waals surface area contributed by atoms with Gasteiger partial charge in [-0.25, -0.2) is 0 Å². The molecule has 0 aliphatic rings. The summed E-state index contributed by atoms with van der Waals surface area (Å²) in [6, 6.07) is 18.7. The normalized spacial score (nSPS) is 10.9. The number of carbonyl (C=O) groups is 1. The summed E-state index contributed by atoms with van der Waals surface area (Å²) >= 11 is 0. The molecule has 5 heteroatoms. The molecule has 0 saturated heterocycles. The zero-order valence-electron chi connectivity index (χ0n) is 18.6. The third kappa shape index (κ3) is 4.42. The highest BCUT2D eigenvalue weighted by Crippen LogP contribution is 2.31. The highest BCUT2D eigenvalue weighted by Gasteiger charge is 2.19. The van der Waals surface area contributed by atoms with Crippen molar-refractivity contribution in [2.75, 3.05) is 11.9 Å². The lowest BCUT2D eigenvalue weighted by molar-refractivity contribution is -0.118. The third-order valence-electron chi connectivity index (χ3n) is 5.46. The Kier molecular flexibility index (Phi) is 5.82. The smallest absolute Gasteiger partial charge is 0.262 e. The third-order valence-corrected chi connectivity index (χ3v) is 5.46. The molecule has 0 aliphatic carbocycles. The van der Waals surface area contributed by atoms with Crippen LogP contribution in [0.15, 0.2) is 69.9 Å². The number of anilines is 1. The van der Waals surface area contributed by atoms with E-state index >= 15 is 0 Å². The second-order valence-electron chi connectivity index (χ2n) is 8.09. The lowest BCUT2D eigenvalue weighted by Crippen LogP contribution is -2.22. The Morgan fingerprint density at radius 3 is 2.31 bits per heavy atom. The summed E-state index contributed by atoms with van der Waals surface area (Å²) in [5.74, 6) is -0.0148. The average Bonchev–Trinajstić information content (AvgIpc) is 2.76. The number of carbonyl (C=O) groups excluding carboxylic acids is 1. The summed E-state index contributed by atoms with van der Waals surface area (Å²) in [6.45, 7) is 7.60. The van der Waals surface area contributed by atoms with Crippen molar-refractivity contribution >= 4 is 22.6 Å². The van der Waals surface area contributed by atoms with Crippen LogP contribution < -0.4 is 15.5 Å². The van der Waals surface area contributed by atoms with Crippen LogP contribution >= 0.6 is 0 Å². The van der Waals surface area contributed by atoms with E-state index in [1.807, 2.05) is 82.3 Å². The van der Waals surface area contributed by atoms with Crippen molar-refractivity contribution in [2.24, 2.45) is 0 Å². The van der Waals surface area contributed by atoms with Crippen LogP contribution in [-0.4, -0.2) is 12.5 Å². The van der Waals surface area contributed by atoms with Gasteiger partial charge in [0.25, 0.3) is 5.91 Å². The molecule has 1 aromatic heterocycles. The zero-order valence-corrected chi connectivity index (χ0v) is 18.6. The average molecular weight is 428 g/mol. The number of amides is 1. The SMILES string of the molecule is Cc1ccc(-c2oc3cc(C)ccc3c(=O)c2OCC(=O)Nc2ccc(C)c(C)c2)cc1. The Bertz CT molecular complexity index is 1370. The standard InChI is InChI=1S/C27H25NO4/c1-16-5-9-20(10-6-16)26-27(25(30)22-12-7-17(2)13-23(22)32-26)31-15-24(29)28-21-11-8-18(3)19(4)14-21/h5-14H,15H2,1-4H3,(H,28,29). The van der Waals surface area contributed by atoms with E-state index in [4.69, 9.17) is 9.15 Å². The van der Waals surface area contributed by atoms with Gasteiger partial charge in [0, 0.05) is 11.3 Å². The van der Waals surface area contributed by atoms with E-state index in [1.54, 1.807) is 6.07 Å². The summed E-state index contributed by atoms with van der Waals surface area (Å²) in [4.78, 5) is 25.8. The molecule has 1 amide bonds. The lowest BCUT2D eigenvalue weighted by Gasteiger charge is -2.13. The zero-order chi connectivity index (χ0) is 22.8. The second kappa shape index (κ2) is 8.71. The van der Waals surface area contributed by atoms with Crippen LogP contribution in [0, 0.1) is 27.7 Å². The number of ether oxygens (including phenoxy) is 1. The maximum absolute atomic E-state index is 13.2. The first kappa shape index (κ1) is 21.4. The van der Waals surface area contributed by atoms with Gasteiger partial charge in [-0.1, -0.05) is 42.0 Å². The number of hydrogen-bond donors (Lipinski definition) is 1. The van der Waals surface area contributed by atoms with Crippen LogP contribution in [0.4, 0.5) is 5.69 Å². The van der Waals surface area contributed by atoms with Crippen molar-refractivity contribution in [1.29, 1.82) is 0 Å². The highest BCUT2D eigenvalue weighted by atomic mass is 16.5. The van der Waals surface area contributed by atoms with E-state index in [-0.39, 0.29) is 23.7 Å². The van der Waals surface area contributed by atoms with Crippen molar-refractivity contribution in [3.05, 3.63) is 93.1 Å². The predicted octanol–water partition coefficient (Wildman–Crippen LogP) is 5.71. The van der Waals surface area contributed by atoms with Crippen LogP contribution in [-0.2, 0) is 4.79 Å². The molecule has 0 fully saturated rings. The fourth-order valence-corrected chi connectivity index (χ4v) is 3.46. The van der Waals surface area contributed by atoms with Crippen LogP contribution in [0.25, 0.3) is 22.3 Å². The van der Waals surface area contributed by atoms with Crippen molar-refractivity contribution < 1.29 is 13.9 Å². The van der Waals surface area contributed by atoms with Crippen LogP contribution in [0.2, 0.25) is 0 Å². The first-order valence-electron chi connectivity index (χ1n) is 10.5. The van der Waals surface area contributed by atoms with Crippen molar-refractivity contribution in [3.63, 3.8) is 0 Å². The van der Waals surface area contributed by atoms with Crippen LogP contribution in [0.3, 0.4) is 0 Å². The van der Waals surface area contributed by atoms with E-state index in [0.29, 0.717) is 28.0 Å². The predicted molar refractivity (Wildman–Crippen MR) is 127 cm³/mol. The quantitative estimate of drug-likeness (QED) is 0.443. The van der Waals surface area contributed by atoms with Gasteiger partial charge in [0.15, 0.2) is 12.4 Å². The molecule has 0 spiro atoms. The minimum Gasteiger partial charge on any atom is -0.476 e. The molecule has 4 rings (SSSR count). The molecule has 1 N–H and O–H groups in total. The molecule has 32 heavy (non-hydrogen) atoms. The summed E-state index contributed by atoms with van der Waals surface area (Å²) in [7, 11) is 0. The first-order valence-corrected chi connectivity index (χ1v) is 10.5. The fourth-order valence-electron chi connectivity index (χ4n) is 3.46. The van der Waals surface area contributed by atoms with Gasteiger partial charge in [-0.2, -0.15) is 0 Å². The Morgan fingerprint density at radius 1 is 0.875 bits per heavy atom. The summed E-state index contributed by atoms with van der Waals surface area (Å²) < 4.78 is 11.9. The lowest BCUT2D eigenvalue weighted by atomic mass is 10.1. The molecule has 0 radical (unpaired) electrons. The Labute approximate surface area is 186 Å². The molecule has 5 nitrogen and oxygen atoms in total. The number of aryl methyl sites for hydroxylation is 4. The van der Waals surface area contributed by atoms with Gasteiger partial charge in [-0.05, 0) is 68.7 Å². The molecule has 0 unspecified atom stereocenters. The van der Waals surface area contributed by atoms with Crippen molar-refractivity contribution in [2.45, 2.75) is 27.7 Å². The monoisotopic (exact) mass is 427 g/mol. The van der Waals surface area contributed by atoms with E-state index in [9.17, 15) is 9.59 Å². The van der Waals surface area contributed by atoms with Gasteiger partial charge in [0.1, 0.15) is 5.58 Å². The van der Waals surface area contributed by atoms with E-state index in [2.05, 4.69) is 5.32 Å². The molecular weight excluding hydrogens is 402 g/mol.